The van der Waals surface area contributed by atoms with E-state index in [9.17, 15) is 18.8 Å². The molecule has 2 aromatic rings. The van der Waals surface area contributed by atoms with Crippen molar-refractivity contribution < 1.29 is 13.5 Å². The fourth-order valence-corrected chi connectivity index (χ4v) is 3.29. The predicted octanol–water partition coefficient (Wildman–Crippen LogP) is 2.22. The topological polar surface area (TPSA) is 93.8 Å². The molecule has 0 spiro atoms. The summed E-state index contributed by atoms with van der Waals surface area (Å²) in [6.07, 6.45) is 1.13. The molecule has 0 fully saturated rings. The molecule has 1 atom stereocenters. The smallest absolute Gasteiger partial charge is 0.265 e. The lowest BCUT2D eigenvalue weighted by molar-refractivity contribution is 0.127. The Hall–Kier alpha value is -2.40. The number of aliphatic imine (C=N–C) groups is 1. The van der Waals surface area contributed by atoms with E-state index >= 15 is 0 Å². The highest BCUT2D eigenvalue weighted by atomic mass is 35.5. The van der Waals surface area contributed by atoms with Gasteiger partial charge in [0, 0.05) is 22.5 Å². The van der Waals surface area contributed by atoms with Crippen LogP contribution in [-0.2, 0) is 9.84 Å². The van der Waals surface area contributed by atoms with Crippen molar-refractivity contribution in [1.82, 2.24) is 0 Å². The molecule has 0 aliphatic carbocycles. The maximum absolute atomic E-state index is 11.6. The van der Waals surface area contributed by atoms with Gasteiger partial charge in [0.05, 0.1) is 11.4 Å². The molecule has 0 saturated carbocycles. The summed E-state index contributed by atoms with van der Waals surface area (Å²) < 4.78 is 23.2. The number of halogens is 1. The normalized spacial score (nSPS) is 20.2. The van der Waals surface area contributed by atoms with Crippen LogP contribution in [0.2, 0.25) is 5.02 Å². The third kappa shape index (κ3) is 3.51. The van der Waals surface area contributed by atoms with Gasteiger partial charge in [-0.05, 0) is 48.5 Å². The molecule has 2 aromatic carbocycles. The predicted molar refractivity (Wildman–Crippen MR) is 95.4 cm³/mol. The van der Waals surface area contributed by atoms with Crippen LogP contribution in [-0.4, -0.2) is 37.9 Å². The molecule has 3 rings (SSSR count). The third-order valence-corrected chi connectivity index (χ3v) is 5.16. The summed E-state index contributed by atoms with van der Waals surface area (Å²) in [7, 11) is -3.31. The largest absolute Gasteiger partial charge is 0.356 e. The molecule has 6 nitrogen and oxygen atoms in total. The number of nitrogens with zero attached hydrogens (tertiary/aromatic N) is 3. The van der Waals surface area contributed by atoms with E-state index in [1.807, 2.05) is 0 Å². The number of nitriles is 1. The molecule has 0 saturated heterocycles. The van der Waals surface area contributed by atoms with Crippen molar-refractivity contribution in [3.8, 4) is 6.07 Å². The van der Waals surface area contributed by atoms with Crippen molar-refractivity contribution in [3.63, 3.8) is 0 Å². The van der Waals surface area contributed by atoms with E-state index in [1.165, 1.54) is 12.1 Å². The Kier molecular flexibility index (Phi) is 4.29. The highest BCUT2D eigenvalue weighted by Crippen LogP contribution is 2.29. The summed E-state index contributed by atoms with van der Waals surface area (Å²) in [5, 5.41) is 20.1. The summed E-state index contributed by atoms with van der Waals surface area (Å²) in [6, 6.07) is 14.8. The van der Waals surface area contributed by atoms with Gasteiger partial charge >= 0.3 is 0 Å². The van der Waals surface area contributed by atoms with Crippen LogP contribution in [0.1, 0.15) is 5.56 Å². The lowest BCUT2D eigenvalue weighted by Gasteiger charge is -2.21. The number of amidine groups is 1. The lowest BCUT2D eigenvalue weighted by Crippen LogP contribution is -2.35. The molecule has 1 heterocycles. The average molecular weight is 376 g/mol. The highest BCUT2D eigenvalue weighted by Gasteiger charge is 2.39. The molecule has 1 N–H and O–H groups in total. The van der Waals surface area contributed by atoms with Crippen molar-refractivity contribution >= 4 is 33.0 Å². The summed E-state index contributed by atoms with van der Waals surface area (Å²) in [5.41, 5.74) is -0.570. The number of benzene rings is 2. The van der Waals surface area contributed by atoms with Gasteiger partial charge in [-0.25, -0.2) is 13.4 Å². The number of β-amino-alcohol motifs (C(OH)–C–C–N with tert-alkyl or cyclic N) is 1. The number of sulfone groups is 1. The SMILES string of the molecule is CS(=O)(=O)c1ccc(N2CC(O)(C#N)N=C2c2ccc(Cl)cc2)cc1. The molecule has 25 heavy (non-hydrogen) atoms. The van der Waals surface area contributed by atoms with E-state index < -0.39 is 15.6 Å². The molecular weight excluding hydrogens is 362 g/mol. The Labute approximate surface area is 150 Å². The Morgan fingerprint density at radius 2 is 1.80 bits per heavy atom. The second kappa shape index (κ2) is 6.15. The first kappa shape index (κ1) is 17.4. The highest BCUT2D eigenvalue weighted by molar-refractivity contribution is 7.90. The minimum absolute atomic E-state index is 0.0559. The first-order chi connectivity index (χ1) is 11.7. The van der Waals surface area contributed by atoms with E-state index in [1.54, 1.807) is 47.4 Å². The van der Waals surface area contributed by atoms with Crippen LogP contribution in [0.25, 0.3) is 0 Å². The van der Waals surface area contributed by atoms with Crippen LogP contribution in [0.5, 0.6) is 0 Å². The molecule has 0 bridgehead atoms. The zero-order chi connectivity index (χ0) is 18.2. The summed E-state index contributed by atoms with van der Waals surface area (Å²) in [4.78, 5) is 6.00. The van der Waals surface area contributed by atoms with Gasteiger partial charge in [0.2, 0.25) is 0 Å². The Morgan fingerprint density at radius 1 is 1.20 bits per heavy atom. The van der Waals surface area contributed by atoms with Crippen LogP contribution in [0, 0.1) is 11.3 Å². The minimum atomic E-state index is -3.31. The number of rotatable bonds is 3. The molecule has 0 radical (unpaired) electrons. The Morgan fingerprint density at radius 3 is 2.32 bits per heavy atom. The van der Waals surface area contributed by atoms with Gasteiger partial charge in [-0.15, -0.1) is 0 Å². The Bertz CT molecular complexity index is 979. The monoisotopic (exact) mass is 375 g/mol. The molecule has 0 aromatic heterocycles. The van der Waals surface area contributed by atoms with Gasteiger partial charge in [-0.3, -0.25) is 0 Å². The van der Waals surface area contributed by atoms with Gasteiger partial charge in [-0.2, -0.15) is 5.26 Å². The number of hydrogen-bond acceptors (Lipinski definition) is 6. The fourth-order valence-electron chi connectivity index (χ4n) is 2.53. The van der Waals surface area contributed by atoms with E-state index in [0.29, 0.717) is 22.1 Å². The van der Waals surface area contributed by atoms with E-state index in [0.717, 1.165) is 6.26 Å². The Balaban J connectivity index is 2.03. The van der Waals surface area contributed by atoms with Gasteiger partial charge < -0.3 is 10.0 Å². The second-order valence-corrected chi connectivity index (χ2v) is 8.18. The number of hydrogen-bond donors (Lipinski definition) is 1. The maximum atomic E-state index is 11.6. The lowest BCUT2D eigenvalue weighted by atomic mass is 10.1. The van der Waals surface area contributed by atoms with Crippen molar-refractivity contribution in [2.75, 3.05) is 17.7 Å². The fraction of sp³-hybridized carbons (Fsp3) is 0.176. The molecular formula is C17H14ClN3O3S. The van der Waals surface area contributed by atoms with Gasteiger partial charge in [0.25, 0.3) is 5.72 Å². The first-order valence-electron chi connectivity index (χ1n) is 7.29. The van der Waals surface area contributed by atoms with Crippen LogP contribution in [0.15, 0.2) is 58.4 Å². The summed E-state index contributed by atoms with van der Waals surface area (Å²) >= 11 is 5.90. The number of aliphatic hydroxyl groups is 1. The van der Waals surface area contributed by atoms with E-state index in [-0.39, 0.29) is 11.4 Å². The van der Waals surface area contributed by atoms with Crippen molar-refractivity contribution in [3.05, 3.63) is 59.1 Å². The second-order valence-electron chi connectivity index (χ2n) is 5.72. The zero-order valence-electron chi connectivity index (χ0n) is 13.2. The van der Waals surface area contributed by atoms with Crippen LogP contribution >= 0.6 is 11.6 Å². The van der Waals surface area contributed by atoms with E-state index in [4.69, 9.17) is 11.6 Å². The summed E-state index contributed by atoms with van der Waals surface area (Å²) in [6.45, 7) is -0.0559. The van der Waals surface area contributed by atoms with Crippen molar-refractivity contribution in [2.45, 2.75) is 10.6 Å². The van der Waals surface area contributed by atoms with E-state index in [2.05, 4.69) is 4.99 Å². The standard InChI is InChI=1S/C17H14ClN3O3S/c1-25(23,24)15-8-6-14(7-9-15)21-11-17(22,10-19)20-16(21)12-2-4-13(18)5-3-12/h2-9,22H,11H2,1H3. The quantitative estimate of drug-likeness (QED) is 0.830. The average Bonchev–Trinajstić information content (AvgIpc) is 2.94. The number of anilines is 1. The van der Waals surface area contributed by atoms with Crippen molar-refractivity contribution in [1.29, 1.82) is 5.26 Å². The molecule has 0 amide bonds. The van der Waals surface area contributed by atoms with Crippen molar-refractivity contribution in [2.24, 2.45) is 4.99 Å². The molecule has 1 aliphatic heterocycles. The third-order valence-electron chi connectivity index (χ3n) is 3.78. The van der Waals surface area contributed by atoms with Crippen LogP contribution in [0.4, 0.5) is 5.69 Å². The molecule has 8 heteroatoms. The molecule has 128 valence electrons. The minimum Gasteiger partial charge on any atom is -0.356 e. The first-order valence-corrected chi connectivity index (χ1v) is 9.56. The molecule has 1 aliphatic rings. The van der Waals surface area contributed by atoms with Gasteiger partial charge in [-0.1, -0.05) is 11.6 Å². The maximum Gasteiger partial charge on any atom is 0.265 e. The van der Waals surface area contributed by atoms with Gasteiger partial charge in [0.1, 0.15) is 11.9 Å². The van der Waals surface area contributed by atoms with Crippen LogP contribution in [0.3, 0.4) is 0 Å². The van der Waals surface area contributed by atoms with Gasteiger partial charge in [0.15, 0.2) is 9.84 Å². The zero-order valence-corrected chi connectivity index (χ0v) is 14.8. The van der Waals surface area contributed by atoms with Crippen LogP contribution < -0.4 is 4.90 Å². The molecule has 1 unspecified atom stereocenters. The summed E-state index contributed by atoms with van der Waals surface area (Å²) in [5.74, 6) is 0.410.